The highest BCUT2D eigenvalue weighted by atomic mass is 28.4. The Labute approximate surface area is 85.4 Å². The predicted molar refractivity (Wildman–Crippen MR) is 56.1 cm³/mol. The minimum Gasteiger partial charge on any atom is -0.465 e. The van der Waals surface area contributed by atoms with Crippen molar-refractivity contribution in [2.75, 3.05) is 0 Å². The van der Waals surface area contributed by atoms with Crippen molar-refractivity contribution in [3.8, 4) is 6.07 Å². The summed E-state index contributed by atoms with van der Waals surface area (Å²) in [6, 6.07) is 5.69. The Hall–Kier alpha value is -1.05. The van der Waals surface area contributed by atoms with Crippen molar-refractivity contribution in [3.05, 3.63) is 24.2 Å². The van der Waals surface area contributed by atoms with Crippen LogP contribution in [-0.4, -0.2) is 8.32 Å². The topological polar surface area (TPSA) is 46.2 Å². The number of nitrogens with zero attached hydrogens (tertiary/aromatic N) is 1. The average Bonchev–Trinajstić information content (AvgIpc) is 2.53. The van der Waals surface area contributed by atoms with Gasteiger partial charge < -0.3 is 8.84 Å². The van der Waals surface area contributed by atoms with Crippen LogP contribution in [0.15, 0.2) is 22.8 Å². The van der Waals surface area contributed by atoms with E-state index in [1.54, 1.807) is 25.3 Å². The second-order valence-corrected chi connectivity index (χ2v) is 8.77. The quantitative estimate of drug-likeness (QED) is 0.719. The lowest BCUT2D eigenvalue weighted by molar-refractivity contribution is 0.113. The van der Waals surface area contributed by atoms with Crippen LogP contribution in [0.5, 0.6) is 0 Å². The first-order valence-corrected chi connectivity index (χ1v) is 7.94. The maximum absolute atomic E-state index is 9.11. The Morgan fingerprint density at radius 2 is 2.14 bits per heavy atom. The molecule has 0 aromatic carbocycles. The zero-order valence-corrected chi connectivity index (χ0v) is 10.00. The van der Waals surface area contributed by atoms with Gasteiger partial charge in [-0.3, -0.25) is 0 Å². The van der Waals surface area contributed by atoms with E-state index in [-0.39, 0.29) is 0 Å². The third-order valence-electron chi connectivity index (χ3n) is 1.72. The minimum absolute atomic E-state index is 0.572. The van der Waals surface area contributed by atoms with E-state index in [9.17, 15) is 0 Å². The summed E-state index contributed by atoms with van der Waals surface area (Å²) >= 11 is 0. The van der Waals surface area contributed by atoms with E-state index >= 15 is 0 Å². The molecule has 0 spiro atoms. The molecule has 76 valence electrons. The molecule has 0 aliphatic rings. The second-order valence-electron chi connectivity index (χ2n) is 4.34. The molecule has 1 rings (SSSR count). The van der Waals surface area contributed by atoms with Gasteiger partial charge >= 0.3 is 0 Å². The number of furan rings is 1. The Bertz CT molecular complexity index is 334. The van der Waals surface area contributed by atoms with Gasteiger partial charge in [-0.25, -0.2) is 0 Å². The zero-order valence-electron chi connectivity index (χ0n) is 9.00. The normalized spacial score (nSPS) is 15.9. The van der Waals surface area contributed by atoms with Crippen LogP contribution in [0.3, 0.4) is 0 Å². The summed E-state index contributed by atoms with van der Waals surface area (Å²) in [5.41, 5.74) is -0.950. The molecule has 1 atom stereocenters. The van der Waals surface area contributed by atoms with Gasteiger partial charge in [0.25, 0.3) is 0 Å². The Morgan fingerprint density at radius 3 is 2.50 bits per heavy atom. The molecule has 0 fully saturated rings. The van der Waals surface area contributed by atoms with Crippen molar-refractivity contribution >= 4 is 8.32 Å². The Morgan fingerprint density at radius 1 is 1.50 bits per heavy atom. The SMILES string of the molecule is C[C@@](C#N)(O[Si](C)(C)C)c1ccco1. The van der Waals surface area contributed by atoms with Gasteiger partial charge in [-0.1, -0.05) is 0 Å². The fourth-order valence-electron chi connectivity index (χ4n) is 1.29. The van der Waals surface area contributed by atoms with Crippen LogP contribution < -0.4 is 0 Å². The smallest absolute Gasteiger partial charge is 0.200 e. The van der Waals surface area contributed by atoms with Gasteiger partial charge in [0.05, 0.1) is 6.26 Å². The van der Waals surface area contributed by atoms with Gasteiger partial charge in [-0.15, -0.1) is 0 Å². The maximum atomic E-state index is 9.11. The molecule has 0 amide bonds. The predicted octanol–water partition coefficient (Wildman–Crippen LogP) is 2.87. The first-order chi connectivity index (χ1) is 6.37. The van der Waals surface area contributed by atoms with Gasteiger partial charge in [0, 0.05) is 0 Å². The molecule has 0 aliphatic heterocycles. The first-order valence-electron chi connectivity index (χ1n) is 4.53. The lowest BCUT2D eigenvalue weighted by atomic mass is 10.1. The third kappa shape index (κ3) is 2.47. The average molecular weight is 209 g/mol. The molecule has 1 heterocycles. The van der Waals surface area contributed by atoms with E-state index < -0.39 is 13.9 Å². The highest BCUT2D eigenvalue weighted by Crippen LogP contribution is 2.28. The van der Waals surface area contributed by atoms with E-state index in [4.69, 9.17) is 14.1 Å². The number of hydrogen-bond acceptors (Lipinski definition) is 3. The van der Waals surface area contributed by atoms with Crippen molar-refractivity contribution in [2.45, 2.75) is 32.2 Å². The molecular formula is C10H15NO2Si. The molecule has 0 bridgehead atoms. The van der Waals surface area contributed by atoms with Gasteiger partial charge in [-0.2, -0.15) is 5.26 Å². The summed E-state index contributed by atoms with van der Waals surface area (Å²) in [4.78, 5) is 0. The molecule has 4 heteroatoms. The molecule has 0 saturated heterocycles. The lowest BCUT2D eigenvalue weighted by Gasteiger charge is -2.28. The van der Waals surface area contributed by atoms with Crippen molar-refractivity contribution in [2.24, 2.45) is 0 Å². The minimum atomic E-state index is -1.75. The first kappa shape index (κ1) is 11.0. The van der Waals surface area contributed by atoms with Gasteiger partial charge in [0.1, 0.15) is 11.8 Å². The molecule has 0 unspecified atom stereocenters. The summed E-state index contributed by atoms with van der Waals surface area (Å²) in [7, 11) is -1.75. The van der Waals surface area contributed by atoms with Crippen molar-refractivity contribution in [3.63, 3.8) is 0 Å². The zero-order chi connectivity index (χ0) is 10.8. The Balaban J connectivity index is 2.95. The van der Waals surface area contributed by atoms with E-state index in [0.717, 1.165) is 0 Å². The van der Waals surface area contributed by atoms with Crippen LogP contribution >= 0.6 is 0 Å². The van der Waals surface area contributed by atoms with Gasteiger partial charge in [-0.05, 0) is 38.7 Å². The fraction of sp³-hybridized carbons (Fsp3) is 0.500. The van der Waals surface area contributed by atoms with Gasteiger partial charge in [0.15, 0.2) is 13.9 Å². The second kappa shape index (κ2) is 3.60. The number of hydrogen-bond donors (Lipinski definition) is 0. The Kier molecular flexibility index (Phi) is 2.83. The summed E-state index contributed by atoms with van der Waals surface area (Å²) in [6.07, 6.45) is 1.55. The van der Waals surface area contributed by atoms with E-state index in [0.29, 0.717) is 5.76 Å². The molecule has 14 heavy (non-hydrogen) atoms. The highest BCUT2D eigenvalue weighted by molar-refractivity contribution is 6.69. The monoisotopic (exact) mass is 209 g/mol. The van der Waals surface area contributed by atoms with E-state index in [1.165, 1.54) is 0 Å². The van der Waals surface area contributed by atoms with Crippen molar-refractivity contribution in [1.29, 1.82) is 5.26 Å². The van der Waals surface area contributed by atoms with E-state index in [2.05, 4.69) is 6.07 Å². The van der Waals surface area contributed by atoms with Crippen LogP contribution in [0.25, 0.3) is 0 Å². The number of nitriles is 1. The van der Waals surface area contributed by atoms with Crippen LogP contribution in [0.4, 0.5) is 0 Å². The highest BCUT2D eigenvalue weighted by Gasteiger charge is 2.35. The van der Waals surface area contributed by atoms with Crippen LogP contribution in [0, 0.1) is 11.3 Å². The molecule has 1 aromatic rings. The molecule has 0 aliphatic carbocycles. The third-order valence-corrected chi connectivity index (χ3v) is 2.74. The van der Waals surface area contributed by atoms with E-state index in [1.807, 2.05) is 19.6 Å². The summed E-state index contributed by atoms with van der Waals surface area (Å²) in [6.45, 7) is 7.88. The van der Waals surface area contributed by atoms with Gasteiger partial charge in [0.2, 0.25) is 0 Å². The number of rotatable bonds is 3. The lowest BCUT2D eigenvalue weighted by Crippen LogP contribution is -2.37. The van der Waals surface area contributed by atoms with Crippen LogP contribution in [0.2, 0.25) is 19.6 Å². The molecular weight excluding hydrogens is 194 g/mol. The maximum Gasteiger partial charge on any atom is 0.200 e. The van der Waals surface area contributed by atoms with Crippen molar-refractivity contribution < 1.29 is 8.84 Å². The standard InChI is InChI=1S/C10H15NO2Si/c1-10(8-11,13-14(2,3)4)9-6-5-7-12-9/h5-7H,1-4H3/t10-/m0/s1. The van der Waals surface area contributed by atoms with Crippen LogP contribution in [-0.2, 0) is 10.0 Å². The molecule has 0 radical (unpaired) electrons. The summed E-state index contributed by atoms with van der Waals surface area (Å²) in [5, 5.41) is 9.11. The summed E-state index contributed by atoms with van der Waals surface area (Å²) < 4.78 is 11.0. The summed E-state index contributed by atoms with van der Waals surface area (Å²) in [5.74, 6) is 0.572. The molecule has 0 N–H and O–H groups in total. The molecule has 0 saturated carbocycles. The molecule has 1 aromatic heterocycles. The largest absolute Gasteiger partial charge is 0.465 e. The fourth-order valence-corrected chi connectivity index (χ4v) is 2.66. The van der Waals surface area contributed by atoms with Crippen LogP contribution in [0.1, 0.15) is 12.7 Å². The molecule has 3 nitrogen and oxygen atoms in total. The van der Waals surface area contributed by atoms with Crippen molar-refractivity contribution in [1.82, 2.24) is 0 Å².